The summed E-state index contributed by atoms with van der Waals surface area (Å²) in [5.41, 5.74) is 6.41. The Hall–Kier alpha value is -0.120. The molecule has 0 radical (unpaired) electrons. The zero-order valence-electron chi connectivity index (χ0n) is 10.5. The quantitative estimate of drug-likeness (QED) is 0.757. The molecule has 1 saturated carbocycles. The Labute approximate surface area is 121 Å². The molecular weight excluding hydrogens is 317 g/mol. The molecule has 0 atom stereocenters. The molecule has 1 nitrogen and oxygen atoms in total. The van der Waals surface area contributed by atoms with Crippen LogP contribution in [-0.2, 0) is 5.54 Å². The normalized spacial score (nSPS) is 28.4. The highest BCUT2D eigenvalue weighted by Gasteiger charge is 2.35. The number of hydrogen-bond donors (Lipinski definition) is 1. The van der Waals surface area contributed by atoms with Gasteiger partial charge in [0.1, 0.15) is 5.82 Å². The van der Waals surface area contributed by atoms with E-state index in [1.165, 1.54) is 6.42 Å². The monoisotopic (exact) mass is 333 g/mol. The molecule has 0 unspecified atom stereocenters. The minimum atomic E-state index is -0.555. The van der Waals surface area contributed by atoms with E-state index in [9.17, 15) is 4.39 Å². The Balaban J connectivity index is 2.29. The molecule has 0 aliphatic heterocycles. The van der Waals surface area contributed by atoms with E-state index in [4.69, 9.17) is 17.3 Å². The lowest BCUT2D eigenvalue weighted by Crippen LogP contribution is -2.41. The lowest BCUT2D eigenvalue weighted by Gasteiger charge is -2.37. The number of hydrogen-bond acceptors (Lipinski definition) is 1. The summed E-state index contributed by atoms with van der Waals surface area (Å²) in [6, 6.07) is 3.54. The van der Waals surface area contributed by atoms with Crippen molar-refractivity contribution in [3.05, 3.63) is 33.0 Å². The van der Waals surface area contributed by atoms with Crippen molar-refractivity contribution < 1.29 is 4.39 Å². The Morgan fingerprint density at radius 3 is 2.61 bits per heavy atom. The largest absolute Gasteiger partial charge is 0.321 e. The van der Waals surface area contributed by atoms with Crippen LogP contribution in [0.4, 0.5) is 4.39 Å². The Bertz CT molecular complexity index is 442. The molecule has 100 valence electrons. The van der Waals surface area contributed by atoms with Gasteiger partial charge in [-0.25, -0.2) is 4.39 Å². The van der Waals surface area contributed by atoms with Crippen LogP contribution in [-0.4, -0.2) is 0 Å². The molecule has 0 bridgehead atoms. The fourth-order valence-electron chi connectivity index (χ4n) is 2.78. The van der Waals surface area contributed by atoms with Gasteiger partial charge in [0.15, 0.2) is 0 Å². The van der Waals surface area contributed by atoms with Gasteiger partial charge in [0.05, 0.1) is 5.02 Å². The first-order valence-electron chi connectivity index (χ1n) is 6.41. The van der Waals surface area contributed by atoms with E-state index >= 15 is 0 Å². The van der Waals surface area contributed by atoms with Gasteiger partial charge in [0.25, 0.3) is 0 Å². The van der Waals surface area contributed by atoms with E-state index < -0.39 is 5.54 Å². The summed E-state index contributed by atoms with van der Waals surface area (Å²) in [7, 11) is 0. The van der Waals surface area contributed by atoms with Crippen molar-refractivity contribution in [1.29, 1.82) is 0 Å². The van der Waals surface area contributed by atoms with E-state index in [1.54, 1.807) is 12.1 Å². The van der Waals surface area contributed by atoms with Gasteiger partial charge >= 0.3 is 0 Å². The molecule has 1 fully saturated rings. The Kier molecular flexibility index (Phi) is 4.35. The van der Waals surface area contributed by atoms with Crippen molar-refractivity contribution in [3.8, 4) is 0 Å². The fraction of sp³-hybridized carbons (Fsp3) is 0.571. The van der Waals surface area contributed by atoms with Crippen LogP contribution in [0, 0.1) is 11.7 Å². The van der Waals surface area contributed by atoms with Crippen LogP contribution in [0.3, 0.4) is 0 Å². The van der Waals surface area contributed by atoms with Gasteiger partial charge in [-0.15, -0.1) is 0 Å². The molecule has 0 saturated heterocycles. The summed E-state index contributed by atoms with van der Waals surface area (Å²) in [5, 5.41) is 0.134. The van der Waals surface area contributed by atoms with Gasteiger partial charge < -0.3 is 5.73 Å². The second-order valence-electron chi connectivity index (χ2n) is 5.23. The van der Waals surface area contributed by atoms with E-state index in [1.807, 2.05) is 0 Å². The summed E-state index contributed by atoms with van der Waals surface area (Å²) in [6.07, 6.45) is 4.99. The Morgan fingerprint density at radius 1 is 1.44 bits per heavy atom. The van der Waals surface area contributed by atoms with Crippen molar-refractivity contribution >= 4 is 27.5 Å². The number of benzene rings is 1. The van der Waals surface area contributed by atoms with Crippen LogP contribution >= 0.6 is 27.5 Å². The molecule has 2 N–H and O–H groups in total. The van der Waals surface area contributed by atoms with Gasteiger partial charge in [-0.3, -0.25) is 0 Å². The molecule has 1 aromatic carbocycles. The van der Waals surface area contributed by atoms with Crippen LogP contribution in [0.2, 0.25) is 5.02 Å². The lowest BCUT2D eigenvalue weighted by atomic mass is 9.72. The second kappa shape index (κ2) is 5.48. The molecule has 1 aliphatic rings. The molecule has 2 rings (SSSR count). The molecular formula is C14H18BrClFN. The summed E-state index contributed by atoms with van der Waals surface area (Å²) in [4.78, 5) is 0. The van der Waals surface area contributed by atoms with E-state index in [0.717, 1.165) is 31.6 Å². The molecule has 1 aliphatic carbocycles. The summed E-state index contributed by atoms with van der Waals surface area (Å²) < 4.78 is 14.8. The maximum atomic E-state index is 14.2. The fourth-order valence-corrected chi connectivity index (χ4v) is 3.25. The zero-order valence-corrected chi connectivity index (χ0v) is 12.8. The smallest absolute Gasteiger partial charge is 0.147 e. The first kappa shape index (κ1) is 14.3. The van der Waals surface area contributed by atoms with Gasteiger partial charge in [0.2, 0.25) is 0 Å². The number of nitrogens with two attached hydrogens (primary N) is 1. The molecule has 18 heavy (non-hydrogen) atoms. The first-order chi connectivity index (χ1) is 8.48. The zero-order chi connectivity index (χ0) is 13.3. The average Bonchev–Trinajstić information content (AvgIpc) is 2.37. The van der Waals surface area contributed by atoms with Crippen LogP contribution in [0.15, 0.2) is 16.6 Å². The van der Waals surface area contributed by atoms with Gasteiger partial charge in [-0.2, -0.15) is 0 Å². The third-order valence-electron chi connectivity index (χ3n) is 4.15. The van der Waals surface area contributed by atoms with Crippen molar-refractivity contribution in [2.24, 2.45) is 11.7 Å². The number of rotatable bonds is 2. The molecule has 0 heterocycles. The Morgan fingerprint density at radius 2 is 2.06 bits per heavy atom. The van der Waals surface area contributed by atoms with Gasteiger partial charge in [-0.1, -0.05) is 31.0 Å². The highest BCUT2D eigenvalue weighted by atomic mass is 79.9. The van der Waals surface area contributed by atoms with E-state index in [0.29, 0.717) is 10.0 Å². The minimum Gasteiger partial charge on any atom is -0.321 e. The first-order valence-corrected chi connectivity index (χ1v) is 7.58. The van der Waals surface area contributed by atoms with Crippen molar-refractivity contribution in [3.63, 3.8) is 0 Å². The van der Waals surface area contributed by atoms with Gasteiger partial charge in [-0.05, 0) is 53.6 Å². The summed E-state index contributed by atoms with van der Waals surface area (Å²) >= 11 is 9.17. The molecule has 0 aromatic heterocycles. The van der Waals surface area contributed by atoms with Crippen molar-refractivity contribution in [2.75, 3.05) is 0 Å². The molecule has 4 heteroatoms. The maximum absolute atomic E-state index is 14.2. The van der Waals surface area contributed by atoms with Crippen LogP contribution in [0.5, 0.6) is 0 Å². The summed E-state index contributed by atoms with van der Waals surface area (Å²) in [5.74, 6) is 0.360. The third kappa shape index (κ3) is 2.59. The molecule has 1 aromatic rings. The van der Waals surface area contributed by atoms with Crippen LogP contribution in [0.1, 0.15) is 44.6 Å². The van der Waals surface area contributed by atoms with E-state index in [-0.39, 0.29) is 10.8 Å². The minimum absolute atomic E-state index is 0.134. The highest BCUT2D eigenvalue weighted by Crippen LogP contribution is 2.41. The molecule has 0 amide bonds. The second-order valence-corrected chi connectivity index (χ2v) is 6.46. The lowest BCUT2D eigenvalue weighted by molar-refractivity contribution is 0.226. The predicted octanol–water partition coefficient (Wildman–Crippen LogP) is 5.00. The SMILES string of the molecule is CCC1CCC(N)(c2ccc(Br)c(Cl)c2F)CC1. The number of halogens is 3. The maximum Gasteiger partial charge on any atom is 0.147 e. The van der Waals surface area contributed by atoms with Crippen LogP contribution < -0.4 is 5.73 Å². The van der Waals surface area contributed by atoms with Crippen molar-refractivity contribution in [1.82, 2.24) is 0 Å². The van der Waals surface area contributed by atoms with E-state index in [2.05, 4.69) is 22.9 Å². The topological polar surface area (TPSA) is 26.0 Å². The third-order valence-corrected chi connectivity index (χ3v) is 5.40. The average molecular weight is 335 g/mol. The van der Waals surface area contributed by atoms with Crippen molar-refractivity contribution in [2.45, 2.75) is 44.6 Å². The standard InChI is InChI=1S/C14H18BrClFN/c1-2-9-5-7-14(18,8-6-9)10-3-4-11(15)12(16)13(10)17/h3-4,9H,2,5-8,18H2,1H3. The predicted molar refractivity (Wildman–Crippen MR) is 77.2 cm³/mol. The van der Waals surface area contributed by atoms with Gasteiger partial charge in [0, 0.05) is 15.6 Å². The summed E-state index contributed by atoms with van der Waals surface area (Å²) in [6.45, 7) is 2.20. The molecule has 0 spiro atoms. The van der Waals surface area contributed by atoms with Crippen LogP contribution in [0.25, 0.3) is 0 Å². The highest BCUT2D eigenvalue weighted by molar-refractivity contribution is 9.10.